The molecule has 1 rings (SSSR count). The molecule has 0 bridgehead atoms. The Morgan fingerprint density at radius 1 is 1.50 bits per heavy atom. The van der Waals surface area contributed by atoms with Gasteiger partial charge in [0.15, 0.2) is 0 Å². The summed E-state index contributed by atoms with van der Waals surface area (Å²) in [4.78, 5) is 5.14. The zero-order valence-corrected chi connectivity index (χ0v) is 8.72. The van der Waals surface area contributed by atoms with Crippen LogP contribution in [-0.4, -0.2) is 44.3 Å². The van der Waals surface area contributed by atoms with Crippen LogP contribution >= 0.6 is 0 Å². The topological polar surface area (TPSA) is 61.2 Å². The summed E-state index contributed by atoms with van der Waals surface area (Å²) in [6.45, 7) is 3.86. The Morgan fingerprint density at radius 3 is 2.79 bits per heavy atom. The summed E-state index contributed by atoms with van der Waals surface area (Å²) in [6.07, 6.45) is 3.65. The van der Waals surface area contributed by atoms with Crippen LogP contribution in [0.15, 0.2) is 5.11 Å². The van der Waals surface area contributed by atoms with E-state index in [4.69, 9.17) is 10.3 Å². The van der Waals surface area contributed by atoms with Crippen LogP contribution in [0, 0.1) is 0 Å². The number of azide groups is 1. The molecule has 80 valence electrons. The first-order valence-electron chi connectivity index (χ1n) is 5.13. The first kappa shape index (κ1) is 11.3. The molecule has 1 saturated heterocycles. The van der Waals surface area contributed by atoms with E-state index in [1.165, 1.54) is 0 Å². The van der Waals surface area contributed by atoms with Crippen LogP contribution in [0.2, 0.25) is 0 Å². The first-order valence-corrected chi connectivity index (χ1v) is 5.13. The minimum Gasteiger partial charge on any atom is -0.381 e. The summed E-state index contributed by atoms with van der Waals surface area (Å²) >= 11 is 0. The molecular weight excluding hydrogens is 180 g/mol. The van der Waals surface area contributed by atoms with Crippen molar-refractivity contribution in [3.63, 3.8) is 0 Å². The Kier molecular flexibility index (Phi) is 5.37. The van der Waals surface area contributed by atoms with Crippen LogP contribution in [0.1, 0.15) is 19.3 Å². The lowest BCUT2D eigenvalue weighted by molar-refractivity contribution is 0.0410. The van der Waals surface area contributed by atoms with Gasteiger partial charge in [0, 0.05) is 31.7 Å². The van der Waals surface area contributed by atoms with E-state index in [0.717, 1.165) is 38.9 Å². The SMILES string of the molecule is COC1CCN(CCCN=[N+]=[N-])CC1. The predicted molar refractivity (Wildman–Crippen MR) is 55.1 cm³/mol. The number of nitrogens with zero attached hydrogens (tertiary/aromatic N) is 4. The Morgan fingerprint density at radius 2 is 2.21 bits per heavy atom. The molecule has 0 unspecified atom stereocenters. The van der Waals surface area contributed by atoms with Crippen LogP contribution in [-0.2, 0) is 4.74 Å². The molecule has 0 atom stereocenters. The lowest BCUT2D eigenvalue weighted by Crippen LogP contribution is -2.37. The van der Waals surface area contributed by atoms with Crippen molar-refractivity contribution < 1.29 is 4.74 Å². The highest BCUT2D eigenvalue weighted by atomic mass is 16.5. The number of hydrogen-bond donors (Lipinski definition) is 0. The monoisotopic (exact) mass is 198 g/mol. The second-order valence-electron chi connectivity index (χ2n) is 3.58. The minimum absolute atomic E-state index is 0.448. The van der Waals surface area contributed by atoms with E-state index in [0.29, 0.717) is 12.6 Å². The standard InChI is InChI=1S/C9H18N4O/c1-14-9-3-7-13(8-4-9)6-2-5-11-12-10/h9H,2-8H2,1H3. The van der Waals surface area contributed by atoms with Gasteiger partial charge in [-0.1, -0.05) is 5.11 Å². The molecule has 0 aromatic carbocycles. The highest BCUT2D eigenvalue weighted by Gasteiger charge is 2.17. The van der Waals surface area contributed by atoms with Gasteiger partial charge in [-0.15, -0.1) is 0 Å². The number of hydrogen-bond acceptors (Lipinski definition) is 3. The fourth-order valence-electron chi connectivity index (χ4n) is 1.78. The molecule has 0 radical (unpaired) electrons. The minimum atomic E-state index is 0.448. The Balaban J connectivity index is 2.06. The van der Waals surface area contributed by atoms with E-state index in [9.17, 15) is 0 Å². The third-order valence-corrected chi connectivity index (χ3v) is 2.66. The van der Waals surface area contributed by atoms with E-state index in [1.807, 2.05) is 0 Å². The summed E-state index contributed by atoms with van der Waals surface area (Å²) in [5, 5.41) is 3.52. The van der Waals surface area contributed by atoms with Gasteiger partial charge in [0.1, 0.15) is 0 Å². The maximum atomic E-state index is 8.10. The fraction of sp³-hybridized carbons (Fsp3) is 1.00. The van der Waals surface area contributed by atoms with Crippen molar-refractivity contribution in [2.24, 2.45) is 5.11 Å². The maximum Gasteiger partial charge on any atom is 0.0595 e. The maximum absolute atomic E-state index is 8.10. The van der Waals surface area contributed by atoms with Crippen molar-refractivity contribution in [1.82, 2.24) is 4.90 Å². The van der Waals surface area contributed by atoms with E-state index in [-0.39, 0.29) is 0 Å². The highest BCUT2D eigenvalue weighted by Crippen LogP contribution is 2.12. The van der Waals surface area contributed by atoms with Crippen molar-refractivity contribution in [1.29, 1.82) is 0 Å². The third-order valence-electron chi connectivity index (χ3n) is 2.66. The van der Waals surface area contributed by atoms with Gasteiger partial charge in [-0.05, 0) is 31.3 Å². The van der Waals surface area contributed by atoms with Gasteiger partial charge in [-0.2, -0.15) is 0 Å². The molecule has 1 fully saturated rings. The van der Waals surface area contributed by atoms with Gasteiger partial charge >= 0.3 is 0 Å². The van der Waals surface area contributed by atoms with E-state index >= 15 is 0 Å². The quantitative estimate of drug-likeness (QED) is 0.292. The van der Waals surface area contributed by atoms with Crippen molar-refractivity contribution in [2.75, 3.05) is 33.3 Å². The van der Waals surface area contributed by atoms with Gasteiger partial charge in [0.2, 0.25) is 0 Å². The molecule has 0 aliphatic carbocycles. The largest absolute Gasteiger partial charge is 0.381 e. The first-order chi connectivity index (χ1) is 6.86. The Bertz CT molecular complexity index is 195. The van der Waals surface area contributed by atoms with Gasteiger partial charge in [-0.25, -0.2) is 0 Å². The Labute approximate surface area is 84.7 Å². The average molecular weight is 198 g/mol. The molecule has 1 aliphatic rings. The summed E-state index contributed by atoms with van der Waals surface area (Å²) in [6, 6.07) is 0. The van der Waals surface area contributed by atoms with Crippen LogP contribution in [0.3, 0.4) is 0 Å². The van der Waals surface area contributed by atoms with Gasteiger partial charge in [0.05, 0.1) is 6.10 Å². The molecule has 0 spiro atoms. The molecule has 0 amide bonds. The predicted octanol–water partition coefficient (Wildman–Crippen LogP) is 1.80. The van der Waals surface area contributed by atoms with Crippen LogP contribution in [0.5, 0.6) is 0 Å². The zero-order chi connectivity index (χ0) is 10.2. The number of methoxy groups -OCH3 is 1. The summed E-state index contributed by atoms with van der Waals surface area (Å²) in [7, 11) is 1.78. The van der Waals surface area contributed by atoms with Crippen molar-refractivity contribution >= 4 is 0 Å². The van der Waals surface area contributed by atoms with Crippen LogP contribution in [0.4, 0.5) is 0 Å². The molecule has 0 aromatic heterocycles. The number of rotatable bonds is 5. The van der Waals surface area contributed by atoms with Gasteiger partial charge in [0.25, 0.3) is 0 Å². The van der Waals surface area contributed by atoms with Crippen LogP contribution < -0.4 is 0 Å². The van der Waals surface area contributed by atoms with E-state index in [2.05, 4.69) is 14.9 Å². The lowest BCUT2D eigenvalue weighted by Gasteiger charge is -2.30. The lowest BCUT2D eigenvalue weighted by atomic mass is 10.1. The highest BCUT2D eigenvalue weighted by molar-refractivity contribution is 4.72. The molecule has 1 heterocycles. The molecule has 5 heteroatoms. The molecule has 0 aromatic rings. The van der Waals surface area contributed by atoms with Crippen LogP contribution in [0.25, 0.3) is 10.4 Å². The van der Waals surface area contributed by atoms with Gasteiger partial charge < -0.3 is 9.64 Å². The fourth-order valence-corrected chi connectivity index (χ4v) is 1.78. The number of piperidine rings is 1. The molecule has 14 heavy (non-hydrogen) atoms. The second-order valence-corrected chi connectivity index (χ2v) is 3.58. The average Bonchev–Trinajstić information content (AvgIpc) is 2.25. The second kappa shape index (κ2) is 6.65. The number of likely N-dealkylation sites (tertiary alicyclic amines) is 1. The summed E-state index contributed by atoms with van der Waals surface area (Å²) in [5.74, 6) is 0. The number of ether oxygens (including phenoxy) is 1. The molecular formula is C9H18N4O. The van der Waals surface area contributed by atoms with Crippen molar-refractivity contribution in [3.8, 4) is 0 Å². The molecule has 5 nitrogen and oxygen atoms in total. The van der Waals surface area contributed by atoms with E-state index < -0.39 is 0 Å². The Hall–Kier alpha value is -0.770. The van der Waals surface area contributed by atoms with Gasteiger partial charge in [-0.3, -0.25) is 0 Å². The summed E-state index contributed by atoms with van der Waals surface area (Å²) < 4.78 is 5.29. The van der Waals surface area contributed by atoms with Crippen molar-refractivity contribution in [3.05, 3.63) is 10.4 Å². The smallest absolute Gasteiger partial charge is 0.0595 e. The summed E-state index contributed by atoms with van der Waals surface area (Å²) in [5.41, 5.74) is 8.10. The normalized spacial score (nSPS) is 19.2. The van der Waals surface area contributed by atoms with E-state index in [1.54, 1.807) is 7.11 Å². The van der Waals surface area contributed by atoms with Crippen molar-refractivity contribution in [2.45, 2.75) is 25.4 Å². The molecule has 1 aliphatic heterocycles. The third kappa shape index (κ3) is 3.96. The molecule has 0 N–H and O–H groups in total. The molecule has 0 saturated carbocycles. The zero-order valence-electron chi connectivity index (χ0n) is 8.72.